The average Bonchev–Trinajstić information content (AvgIpc) is 3.06. The molecule has 32 heavy (non-hydrogen) atoms. The van der Waals surface area contributed by atoms with Crippen molar-refractivity contribution in [3.8, 4) is 5.75 Å². The quantitative estimate of drug-likeness (QED) is 0.593. The molecule has 2 atom stereocenters. The van der Waals surface area contributed by atoms with E-state index in [-0.39, 0.29) is 40.7 Å². The lowest BCUT2D eigenvalue weighted by Crippen LogP contribution is -2.36. The molecule has 0 radical (unpaired) electrons. The Morgan fingerprint density at radius 2 is 1.91 bits per heavy atom. The first-order valence-corrected chi connectivity index (χ1v) is 11.4. The second-order valence-electron chi connectivity index (χ2n) is 7.54. The number of rotatable bonds is 4. The molecule has 2 aliphatic heterocycles. The summed E-state index contributed by atoms with van der Waals surface area (Å²) < 4.78 is 25.5. The summed E-state index contributed by atoms with van der Waals surface area (Å²) in [6, 6.07) is 4.74. The van der Waals surface area contributed by atoms with Crippen molar-refractivity contribution in [2.24, 2.45) is 8.80 Å². The van der Waals surface area contributed by atoms with Gasteiger partial charge in [0.25, 0.3) is 17.1 Å². The minimum Gasteiger partial charge on any atom is -0.505 e. The SMILES string of the molecule is CC1=CC(C)OC(CNC2=NS(=O)N=C2Nc2cccc(C(=O)N(C)C)c2O)=C1.CCC. The van der Waals surface area contributed by atoms with Gasteiger partial charge in [-0.25, -0.2) is 4.21 Å². The molecule has 0 fully saturated rings. The molecule has 0 aromatic heterocycles. The van der Waals surface area contributed by atoms with Crippen molar-refractivity contribution in [2.75, 3.05) is 26.0 Å². The molecule has 2 heterocycles. The molecule has 1 amide bonds. The Morgan fingerprint density at radius 3 is 2.53 bits per heavy atom. The number of hydrogen-bond acceptors (Lipinski definition) is 6. The molecule has 0 aliphatic carbocycles. The number of phenols is 1. The van der Waals surface area contributed by atoms with Gasteiger partial charge in [-0.2, -0.15) is 0 Å². The summed E-state index contributed by atoms with van der Waals surface area (Å²) in [6.07, 6.45) is 5.13. The maximum absolute atomic E-state index is 12.2. The molecule has 10 heteroatoms. The molecule has 1 aromatic rings. The molecule has 2 aliphatic rings. The van der Waals surface area contributed by atoms with Crippen LogP contribution in [0.3, 0.4) is 0 Å². The number of hydrogen-bond donors (Lipinski definition) is 3. The number of amides is 1. The van der Waals surface area contributed by atoms with Crippen LogP contribution in [-0.4, -0.2) is 58.5 Å². The molecule has 0 saturated heterocycles. The molecule has 2 unspecified atom stereocenters. The van der Waals surface area contributed by atoms with E-state index in [4.69, 9.17) is 4.74 Å². The molecule has 0 spiro atoms. The number of phenolic OH excluding ortho intramolecular Hbond substituents is 1. The fourth-order valence-corrected chi connectivity index (χ4v) is 3.53. The third kappa shape index (κ3) is 6.68. The monoisotopic (exact) mass is 461 g/mol. The second-order valence-corrected chi connectivity index (χ2v) is 8.37. The predicted molar refractivity (Wildman–Crippen MR) is 129 cm³/mol. The number of carbonyl (C=O) groups is 1. The van der Waals surface area contributed by atoms with Gasteiger partial charge in [-0.1, -0.05) is 26.3 Å². The number of amidine groups is 2. The Balaban J connectivity index is 0.00000114. The van der Waals surface area contributed by atoms with Crippen molar-refractivity contribution >= 4 is 34.4 Å². The van der Waals surface area contributed by atoms with Crippen LogP contribution in [0.15, 0.2) is 50.5 Å². The van der Waals surface area contributed by atoms with Crippen LogP contribution in [0.1, 0.15) is 44.5 Å². The van der Waals surface area contributed by atoms with Gasteiger partial charge in [0, 0.05) is 14.1 Å². The van der Waals surface area contributed by atoms with Crippen LogP contribution in [0.2, 0.25) is 0 Å². The van der Waals surface area contributed by atoms with E-state index in [2.05, 4.69) is 33.3 Å². The van der Waals surface area contributed by atoms with Gasteiger partial charge in [-0.3, -0.25) is 4.79 Å². The Labute approximate surface area is 191 Å². The van der Waals surface area contributed by atoms with Gasteiger partial charge in [0.05, 0.1) is 17.8 Å². The summed E-state index contributed by atoms with van der Waals surface area (Å²) in [5.74, 6) is 0.632. The van der Waals surface area contributed by atoms with Crippen molar-refractivity contribution in [3.63, 3.8) is 0 Å². The first-order valence-electron chi connectivity index (χ1n) is 10.4. The third-order valence-corrected chi connectivity index (χ3v) is 4.82. The van der Waals surface area contributed by atoms with Crippen LogP contribution in [-0.2, 0) is 15.9 Å². The van der Waals surface area contributed by atoms with Gasteiger partial charge in [0.2, 0.25) is 0 Å². The Bertz CT molecular complexity index is 998. The highest BCUT2D eigenvalue weighted by atomic mass is 32.2. The molecule has 0 saturated carbocycles. The lowest BCUT2D eigenvalue weighted by atomic mass is 10.1. The number of ether oxygens (including phenoxy) is 1. The van der Waals surface area contributed by atoms with Gasteiger partial charge in [-0.15, -0.1) is 8.80 Å². The Kier molecular flexibility index (Phi) is 9.01. The second kappa shape index (κ2) is 11.5. The molecule has 9 nitrogen and oxygen atoms in total. The summed E-state index contributed by atoms with van der Waals surface area (Å²) in [5.41, 5.74) is 1.49. The largest absolute Gasteiger partial charge is 0.505 e. The van der Waals surface area contributed by atoms with E-state index in [1.807, 2.05) is 26.0 Å². The molecule has 174 valence electrons. The zero-order valence-electron chi connectivity index (χ0n) is 19.3. The number of aromatic hydroxyl groups is 1. The summed E-state index contributed by atoms with van der Waals surface area (Å²) in [5, 5.41) is 16.4. The third-order valence-electron chi connectivity index (χ3n) is 4.14. The van der Waals surface area contributed by atoms with Crippen molar-refractivity contribution in [1.82, 2.24) is 10.2 Å². The summed E-state index contributed by atoms with van der Waals surface area (Å²) in [4.78, 5) is 13.6. The Morgan fingerprint density at radius 1 is 1.25 bits per heavy atom. The highest BCUT2D eigenvalue weighted by Gasteiger charge is 2.23. The average molecular weight is 462 g/mol. The van der Waals surface area contributed by atoms with Crippen LogP contribution < -0.4 is 10.6 Å². The van der Waals surface area contributed by atoms with Crippen LogP contribution in [0.5, 0.6) is 5.75 Å². The fraction of sp³-hybridized carbons (Fsp3) is 0.409. The lowest BCUT2D eigenvalue weighted by molar-refractivity contribution is 0.0824. The normalized spacial score (nSPS) is 19.3. The summed E-state index contributed by atoms with van der Waals surface area (Å²) >= 11 is -1.78. The fourth-order valence-electron chi connectivity index (χ4n) is 2.89. The standard InChI is InChI=1S/C19H23N5O4S.C3H8/c1-11-8-12(2)28-13(9-11)10-20-17-18(23-29(27)22-17)21-15-7-5-6-14(16(15)25)19(26)24(3)4;1-3-2/h5-9,12,25H,10H2,1-4H3,(H,20,22)(H,21,23);3H2,1-2H3. The molecular weight excluding hydrogens is 430 g/mol. The Hall–Kier alpha value is -3.14. The van der Waals surface area contributed by atoms with E-state index in [1.165, 1.54) is 17.4 Å². The van der Waals surface area contributed by atoms with E-state index < -0.39 is 11.2 Å². The van der Waals surface area contributed by atoms with E-state index in [0.717, 1.165) is 11.3 Å². The number of nitrogens with one attached hydrogen (secondary N) is 2. The number of anilines is 1. The van der Waals surface area contributed by atoms with Crippen molar-refractivity contribution in [2.45, 2.75) is 40.2 Å². The minimum atomic E-state index is -1.78. The molecule has 3 N–H and O–H groups in total. The van der Waals surface area contributed by atoms with Crippen molar-refractivity contribution in [1.29, 1.82) is 0 Å². The zero-order chi connectivity index (χ0) is 23.8. The van der Waals surface area contributed by atoms with Crippen LogP contribution in [0.4, 0.5) is 5.69 Å². The summed E-state index contributed by atoms with van der Waals surface area (Å²) in [6.45, 7) is 8.51. The first kappa shape index (κ1) is 25.1. The van der Waals surface area contributed by atoms with Crippen LogP contribution in [0, 0.1) is 0 Å². The highest BCUT2D eigenvalue weighted by molar-refractivity contribution is 7.83. The van der Waals surface area contributed by atoms with E-state index in [0.29, 0.717) is 6.54 Å². The topological polar surface area (TPSA) is 116 Å². The highest BCUT2D eigenvalue weighted by Crippen LogP contribution is 2.28. The molecular formula is C22H31N5O4S. The van der Waals surface area contributed by atoms with Crippen molar-refractivity contribution < 1.29 is 18.8 Å². The number of carbonyl (C=O) groups excluding carboxylic acids is 1. The van der Waals surface area contributed by atoms with Gasteiger partial charge in [0.1, 0.15) is 11.9 Å². The summed E-state index contributed by atoms with van der Waals surface area (Å²) in [7, 11) is 3.20. The maximum atomic E-state index is 12.2. The zero-order valence-corrected chi connectivity index (χ0v) is 20.1. The molecule has 3 rings (SSSR count). The smallest absolute Gasteiger partial charge is 0.269 e. The number of nitrogens with zero attached hydrogens (tertiary/aromatic N) is 3. The van der Waals surface area contributed by atoms with E-state index in [9.17, 15) is 14.1 Å². The van der Waals surface area contributed by atoms with Crippen LogP contribution >= 0.6 is 0 Å². The van der Waals surface area contributed by atoms with Gasteiger partial charge in [-0.05, 0) is 43.7 Å². The first-order chi connectivity index (χ1) is 15.2. The predicted octanol–water partition coefficient (Wildman–Crippen LogP) is 3.15. The van der Waals surface area contributed by atoms with Crippen molar-refractivity contribution in [3.05, 3.63) is 47.2 Å². The lowest BCUT2D eigenvalue weighted by Gasteiger charge is -2.20. The van der Waals surface area contributed by atoms with Gasteiger partial charge in [0.15, 0.2) is 17.4 Å². The molecule has 1 aromatic carbocycles. The maximum Gasteiger partial charge on any atom is 0.269 e. The molecule has 0 bridgehead atoms. The van der Waals surface area contributed by atoms with E-state index in [1.54, 1.807) is 26.2 Å². The van der Waals surface area contributed by atoms with Gasteiger partial charge >= 0.3 is 0 Å². The number of benzene rings is 1. The minimum absolute atomic E-state index is 0.0309. The number of allylic oxidation sites excluding steroid dienone is 2. The van der Waals surface area contributed by atoms with Gasteiger partial charge < -0.3 is 25.4 Å². The number of para-hydroxylation sites is 1. The van der Waals surface area contributed by atoms with E-state index >= 15 is 0 Å². The van der Waals surface area contributed by atoms with Crippen LogP contribution in [0.25, 0.3) is 0 Å².